The van der Waals surface area contributed by atoms with Gasteiger partial charge in [-0.3, -0.25) is 4.79 Å². The van der Waals surface area contributed by atoms with Crippen LogP contribution in [0.2, 0.25) is 0 Å². The molecule has 2 aliphatic carbocycles. The van der Waals surface area contributed by atoms with Gasteiger partial charge in [0.2, 0.25) is 0 Å². The van der Waals surface area contributed by atoms with Crippen LogP contribution in [0.3, 0.4) is 0 Å². The first-order chi connectivity index (χ1) is 5.36. The van der Waals surface area contributed by atoms with Gasteiger partial charge >= 0.3 is 0 Å². The van der Waals surface area contributed by atoms with Crippen molar-refractivity contribution in [1.29, 1.82) is 0 Å². The molecule has 0 aliphatic heterocycles. The quantitative estimate of drug-likeness (QED) is 0.484. The number of ketones is 1. The molecule has 0 heterocycles. The zero-order valence-corrected chi connectivity index (χ0v) is 6.75. The third kappa shape index (κ3) is 1.37. The monoisotopic (exact) mass is 150 g/mol. The molecule has 0 aromatic rings. The lowest BCUT2D eigenvalue weighted by Crippen LogP contribution is -2.25. The first-order valence-corrected chi connectivity index (χ1v) is 4.54. The van der Waals surface area contributed by atoms with Gasteiger partial charge in [0.1, 0.15) is 5.78 Å². The van der Waals surface area contributed by atoms with Crippen molar-refractivity contribution in [2.45, 2.75) is 32.1 Å². The number of carbonyl (C=O) groups excluding carboxylic acids is 1. The van der Waals surface area contributed by atoms with E-state index in [1.807, 2.05) is 0 Å². The molecule has 1 nitrogen and oxygen atoms in total. The fraction of sp³-hybridized carbons (Fsp3) is 0.700. The topological polar surface area (TPSA) is 17.1 Å². The highest BCUT2D eigenvalue weighted by atomic mass is 16.1. The lowest BCUT2D eigenvalue weighted by Gasteiger charge is -2.30. The number of hydrogen-bond acceptors (Lipinski definition) is 1. The molecule has 2 unspecified atom stereocenters. The Hall–Kier alpha value is -0.590. The maximum atomic E-state index is 11.1. The highest BCUT2D eigenvalue weighted by Gasteiger charge is 2.28. The van der Waals surface area contributed by atoms with E-state index in [0.29, 0.717) is 11.7 Å². The second-order valence-electron chi connectivity index (χ2n) is 3.71. The van der Waals surface area contributed by atoms with E-state index in [2.05, 4.69) is 12.2 Å². The predicted molar refractivity (Wildman–Crippen MR) is 44.2 cm³/mol. The molecule has 0 amide bonds. The molecule has 0 bridgehead atoms. The molecule has 2 aliphatic rings. The molecular formula is C10H14O. The normalized spacial score (nSPS) is 36.9. The number of hydrogen-bond donors (Lipinski definition) is 0. The van der Waals surface area contributed by atoms with Crippen molar-refractivity contribution in [3.63, 3.8) is 0 Å². The zero-order chi connectivity index (χ0) is 7.68. The van der Waals surface area contributed by atoms with Crippen molar-refractivity contribution in [3.8, 4) is 0 Å². The third-order valence-electron chi connectivity index (χ3n) is 2.94. The Balaban J connectivity index is 2.07. The minimum absolute atomic E-state index is 0.488. The lowest BCUT2D eigenvalue weighted by molar-refractivity contribution is -0.122. The fourth-order valence-electron chi connectivity index (χ4n) is 2.26. The van der Waals surface area contributed by atoms with Gasteiger partial charge in [0.05, 0.1) is 0 Å². The fourth-order valence-corrected chi connectivity index (χ4v) is 2.26. The number of allylic oxidation sites excluding steroid dienone is 2. The summed E-state index contributed by atoms with van der Waals surface area (Å²) < 4.78 is 0. The number of rotatable bonds is 0. The summed E-state index contributed by atoms with van der Waals surface area (Å²) >= 11 is 0. The van der Waals surface area contributed by atoms with Crippen molar-refractivity contribution in [1.82, 2.24) is 0 Å². The molecule has 11 heavy (non-hydrogen) atoms. The van der Waals surface area contributed by atoms with E-state index in [1.54, 1.807) is 0 Å². The minimum Gasteiger partial charge on any atom is -0.300 e. The van der Waals surface area contributed by atoms with E-state index in [4.69, 9.17) is 0 Å². The minimum atomic E-state index is 0.488. The second kappa shape index (κ2) is 2.80. The molecule has 60 valence electrons. The van der Waals surface area contributed by atoms with Crippen LogP contribution in [0.1, 0.15) is 32.1 Å². The van der Waals surface area contributed by atoms with Gasteiger partial charge in [0, 0.05) is 12.8 Å². The molecule has 2 atom stereocenters. The van der Waals surface area contributed by atoms with Crippen LogP contribution in [0, 0.1) is 11.8 Å². The Labute approximate surface area is 67.5 Å². The summed E-state index contributed by atoms with van der Waals surface area (Å²) in [5.41, 5.74) is 0. The largest absolute Gasteiger partial charge is 0.300 e. The summed E-state index contributed by atoms with van der Waals surface area (Å²) in [6.07, 6.45) is 9.82. The Kier molecular flexibility index (Phi) is 1.80. The van der Waals surface area contributed by atoms with E-state index >= 15 is 0 Å². The van der Waals surface area contributed by atoms with Crippen LogP contribution in [0.4, 0.5) is 0 Å². The lowest BCUT2D eigenvalue weighted by atomic mass is 9.74. The van der Waals surface area contributed by atoms with Gasteiger partial charge in [-0.2, -0.15) is 0 Å². The first kappa shape index (κ1) is 7.08. The van der Waals surface area contributed by atoms with Gasteiger partial charge in [0.25, 0.3) is 0 Å². The van der Waals surface area contributed by atoms with E-state index < -0.39 is 0 Å². The Morgan fingerprint density at radius 1 is 1.36 bits per heavy atom. The van der Waals surface area contributed by atoms with Crippen LogP contribution in [0.25, 0.3) is 0 Å². The molecule has 0 radical (unpaired) electrons. The van der Waals surface area contributed by atoms with Gasteiger partial charge in [-0.25, -0.2) is 0 Å². The van der Waals surface area contributed by atoms with Crippen molar-refractivity contribution >= 4 is 5.78 Å². The van der Waals surface area contributed by atoms with Crippen LogP contribution in [0.15, 0.2) is 12.2 Å². The zero-order valence-electron chi connectivity index (χ0n) is 6.75. The second-order valence-corrected chi connectivity index (χ2v) is 3.71. The molecule has 0 aromatic carbocycles. The highest BCUT2D eigenvalue weighted by Crippen LogP contribution is 2.35. The van der Waals surface area contributed by atoms with Crippen LogP contribution < -0.4 is 0 Å². The van der Waals surface area contributed by atoms with E-state index in [-0.39, 0.29) is 0 Å². The number of Topliss-reactive ketones (excluding diaryl/α,β-unsaturated/α-hetero) is 1. The van der Waals surface area contributed by atoms with Crippen molar-refractivity contribution in [2.24, 2.45) is 11.8 Å². The van der Waals surface area contributed by atoms with E-state index in [9.17, 15) is 4.79 Å². The summed E-state index contributed by atoms with van der Waals surface area (Å²) in [6.45, 7) is 0. The Morgan fingerprint density at radius 3 is 3.18 bits per heavy atom. The SMILES string of the molecule is O=C1CCC2C=CCCC2C1. The van der Waals surface area contributed by atoms with Crippen molar-refractivity contribution in [2.75, 3.05) is 0 Å². The van der Waals surface area contributed by atoms with Gasteiger partial charge in [-0.05, 0) is 31.1 Å². The average molecular weight is 150 g/mol. The van der Waals surface area contributed by atoms with Crippen LogP contribution in [-0.4, -0.2) is 5.78 Å². The first-order valence-electron chi connectivity index (χ1n) is 4.54. The molecule has 0 saturated heterocycles. The molecule has 0 N–H and O–H groups in total. The standard InChI is InChI=1S/C10H14O/c11-10-6-5-8-3-1-2-4-9(8)7-10/h1,3,8-9H,2,4-7H2. The maximum absolute atomic E-state index is 11.1. The molecule has 1 fully saturated rings. The molecule has 1 saturated carbocycles. The molecular weight excluding hydrogens is 136 g/mol. The Bertz CT molecular complexity index is 193. The van der Waals surface area contributed by atoms with Crippen LogP contribution >= 0.6 is 0 Å². The van der Waals surface area contributed by atoms with E-state index in [0.717, 1.165) is 25.2 Å². The summed E-state index contributed by atoms with van der Waals surface area (Å²) in [4.78, 5) is 11.1. The van der Waals surface area contributed by atoms with Gasteiger partial charge in [0.15, 0.2) is 0 Å². The van der Waals surface area contributed by atoms with Gasteiger partial charge < -0.3 is 0 Å². The van der Waals surface area contributed by atoms with E-state index in [1.165, 1.54) is 12.8 Å². The highest BCUT2D eigenvalue weighted by molar-refractivity contribution is 5.79. The van der Waals surface area contributed by atoms with Crippen molar-refractivity contribution < 1.29 is 4.79 Å². The van der Waals surface area contributed by atoms with Crippen LogP contribution in [-0.2, 0) is 4.79 Å². The average Bonchev–Trinajstić information content (AvgIpc) is 2.04. The Morgan fingerprint density at radius 2 is 2.27 bits per heavy atom. The number of fused-ring (bicyclic) bond motifs is 1. The van der Waals surface area contributed by atoms with Crippen LogP contribution in [0.5, 0.6) is 0 Å². The van der Waals surface area contributed by atoms with Crippen molar-refractivity contribution in [3.05, 3.63) is 12.2 Å². The third-order valence-corrected chi connectivity index (χ3v) is 2.94. The summed E-state index contributed by atoms with van der Waals surface area (Å²) in [7, 11) is 0. The smallest absolute Gasteiger partial charge is 0.133 e. The predicted octanol–water partition coefficient (Wildman–Crippen LogP) is 2.32. The molecule has 1 heteroatoms. The van der Waals surface area contributed by atoms with Gasteiger partial charge in [-0.1, -0.05) is 12.2 Å². The van der Waals surface area contributed by atoms with Gasteiger partial charge in [-0.15, -0.1) is 0 Å². The molecule has 0 spiro atoms. The summed E-state index contributed by atoms with van der Waals surface area (Å²) in [6, 6.07) is 0. The summed E-state index contributed by atoms with van der Waals surface area (Å²) in [5.74, 6) is 1.92. The number of carbonyl (C=O) groups is 1. The molecule has 0 aromatic heterocycles. The summed E-state index contributed by atoms with van der Waals surface area (Å²) in [5, 5.41) is 0. The molecule has 2 rings (SSSR count). The maximum Gasteiger partial charge on any atom is 0.133 e.